The highest BCUT2D eigenvalue weighted by Crippen LogP contribution is 2.23. The zero-order chi connectivity index (χ0) is 23.7. The van der Waals surface area contributed by atoms with Gasteiger partial charge in [0.2, 0.25) is 0 Å². The first kappa shape index (κ1) is 26.3. The number of aromatic nitrogens is 1. The van der Waals surface area contributed by atoms with Gasteiger partial charge in [0, 0.05) is 31.9 Å². The molecule has 2 rings (SSSR count). The molecule has 0 aliphatic carbocycles. The van der Waals surface area contributed by atoms with E-state index in [-0.39, 0.29) is 12.3 Å². The van der Waals surface area contributed by atoms with Gasteiger partial charge in [0.15, 0.2) is 0 Å². The van der Waals surface area contributed by atoms with Gasteiger partial charge in [0.05, 0.1) is 31.5 Å². The van der Waals surface area contributed by atoms with E-state index in [0.717, 1.165) is 19.5 Å². The largest absolute Gasteiger partial charge is 0.462 e. The second-order valence-corrected chi connectivity index (χ2v) is 9.08. The van der Waals surface area contributed by atoms with E-state index in [1.54, 1.807) is 34.6 Å². The van der Waals surface area contributed by atoms with E-state index in [9.17, 15) is 14.7 Å². The number of aryl methyl sites for hydroxylation is 1. The number of nitrogens with one attached hydrogen (secondary N) is 2. The SMILES string of the molecule is CCOC(=O)c1c(CCCNC[C@@H](O)CN2CCOCC2)[nH]c(C(=O)OC(C)(C)C)c1C. The van der Waals surface area contributed by atoms with Crippen molar-refractivity contribution in [3.63, 3.8) is 0 Å². The molecule has 9 nitrogen and oxygen atoms in total. The minimum absolute atomic E-state index is 0.257. The number of nitrogens with zero attached hydrogens (tertiary/aromatic N) is 1. The molecule has 0 spiro atoms. The van der Waals surface area contributed by atoms with Crippen LogP contribution >= 0.6 is 0 Å². The lowest BCUT2D eigenvalue weighted by molar-refractivity contribution is 0.00622. The Hall–Kier alpha value is -1.94. The van der Waals surface area contributed by atoms with Gasteiger partial charge in [0.1, 0.15) is 11.3 Å². The molecule has 1 aliphatic heterocycles. The zero-order valence-electron chi connectivity index (χ0n) is 20.1. The molecule has 2 heterocycles. The number of hydrogen-bond acceptors (Lipinski definition) is 8. The summed E-state index contributed by atoms with van der Waals surface area (Å²) in [6, 6.07) is 0. The van der Waals surface area contributed by atoms with Crippen molar-refractivity contribution in [1.29, 1.82) is 0 Å². The third-order valence-electron chi connectivity index (χ3n) is 5.14. The molecule has 1 aromatic heterocycles. The molecule has 0 aromatic carbocycles. The topological polar surface area (TPSA) is 113 Å². The van der Waals surface area contributed by atoms with Gasteiger partial charge >= 0.3 is 11.9 Å². The maximum atomic E-state index is 12.6. The molecule has 3 N–H and O–H groups in total. The number of aliphatic hydroxyl groups is 1. The molecule has 1 fully saturated rings. The van der Waals surface area contributed by atoms with E-state index < -0.39 is 23.6 Å². The summed E-state index contributed by atoms with van der Waals surface area (Å²) in [5.74, 6) is -0.934. The van der Waals surface area contributed by atoms with Crippen molar-refractivity contribution >= 4 is 11.9 Å². The fraction of sp³-hybridized carbons (Fsp3) is 0.739. The Morgan fingerprint density at radius 3 is 2.56 bits per heavy atom. The number of β-amino-alcohol motifs (C(OH)–C–C–N with tert-alkyl or cyclic N) is 1. The summed E-state index contributed by atoms with van der Waals surface area (Å²) in [5, 5.41) is 13.5. The molecule has 1 saturated heterocycles. The minimum Gasteiger partial charge on any atom is -0.462 e. The summed E-state index contributed by atoms with van der Waals surface area (Å²) in [7, 11) is 0. The first-order valence-corrected chi connectivity index (χ1v) is 11.4. The number of ether oxygens (including phenoxy) is 3. The van der Waals surface area contributed by atoms with Crippen molar-refractivity contribution in [2.45, 2.75) is 59.2 Å². The second-order valence-electron chi connectivity index (χ2n) is 9.08. The predicted octanol–water partition coefficient (Wildman–Crippen LogP) is 1.67. The molecule has 1 aromatic rings. The summed E-state index contributed by atoms with van der Waals surface area (Å²) >= 11 is 0. The van der Waals surface area contributed by atoms with Crippen LogP contribution in [0.4, 0.5) is 0 Å². The third-order valence-corrected chi connectivity index (χ3v) is 5.14. The Morgan fingerprint density at radius 2 is 1.94 bits per heavy atom. The zero-order valence-corrected chi connectivity index (χ0v) is 20.1. The van der Waals surface area contributed by atoms with Crippen LogP contribution in [0.2, 0.25) is 0 Å². The Labute approximate surface area is 190 Å². The maximum Gasteiger partial charge on any atom is 0.355 e. The number of carbonyl (C=O) groups is 2. The van der Waals surface area contributed by atoms with E-state index in [1.807, 2.05) is 0 Å². The number of aromatic amines is 1. The molecule has 9 heteroatoms. The highest BCUT2D eigenvalue weighted by Gasteiger charge is 2.27. The normalized spacial score (nSPS) is 16.1. The summed E-state index contributed by atoms with van der Waals surface area (Å²) in [6.45, 7) is 14.0. The molecule has 0 amide bonds. The van der Waals surface area contributed by atoms with Gasteiger partial charge in [-0.05, 0) is 59.6 Å². The van der Waals surface area contributed by atoms with Gasteiger partial charge in [-0.1, -0.05) is 0 Å². The highest BCUT2D eigenvalue weighted by atomic mass is 16.6. The van der Waals surface area contributed by atoms with Crippen LogP contribution in [-0.2, 0) is 20.6 Å². The monoisotopic (exact) mass is 453 g/mol. The fourth-order valence-corrected chi connectivity index (χ4v) is 3.66. The van der Waals surface area contributed by atoms with E-state index in [4.69, 9.17) is 14.2 Å². The molecule has 0 bridgehead atoms. The van der Waals surface area contributed by atoms with E-state index in [1.165, 1.54) is 0 Å². The lowest BCUT2D eigenvalue weighted by atomic mass is 10.1. The van der Waals surface area contributed by atoms with E-state index in [2.05, 4.69) is 15.2 Å². The maximum absolute atomic E-state index is 12.6. The minimum atomic E-state index is -0.634. The molecule has 1 aliphatic rings. The van der Waals surface area contributed by atoms with Gasteiger partial charge in [0.25, 0.3) is 0 Å². The molecule has 0 saturated carbocycles. The van der Waals surface area contributed by atoms with Crippen molar-refractivity contribution in [3.05, 3.63) is 22.5 Å². The van der Waals surface area contributed by atoms with Crippen molar-refractivity contribution in [2.24, 2.45) is 0 Å². The number of carbonyl (C=O) groups excluding carboxylic acids is 2. The van der Waals surface area contributed by atoms with Crippen LogP contribution in [0.15, 0.2) is 0 Å². The first-order valence-electron chi connectivity index (χ1n) is 11.4. The third kappa shape index (κ3) is 8.20. The predicted molar refractivity (Wildman–Crippen MR) is 121 cm³/mol. The standard InChI is InChI=1S/C23H39N3O6/c1-6-31-21(28)19-16(2)20(22(29)32-23(3,4)5)25-18(19)8-7-9-24-14-17(27)15-26-10-12-30-13-11-26/h17,24-25,27H,6-15H2,1-5H3/t17-/m1/s1. The second kappa shape index (κ2) is 12.3. The van der Waals surface area contributed by atoms with Crippen LogP contribution in [0.3, 0.4) is 0 Å². The molecule has 1 atom stereocenters. The number of H-pyrrole nitrogens is 1. The summed E-state index contributed by atoms with van der Waals surface area (Å²) in [6.07, 6.45) is 0.837. The molecule has 32 heavy (non-hydrogen) atoms. The Kier molecular flexibility index (Phi) is 10.1. The lowest BCUT2D eigenvalue weighted by Crippen LogP contribution is -2.43. The van der Waals surface area contributed by atoms with Crippen LogP contribution in [0.1, 0.15) is 66.2 Å². The Balaban J connectivity index is 1.92. The average molecular weight is 454 g/mol. The molecular weight excluding hydrogens is 414 g/mol. The Bertz CT molecular complexity index is 750. The average Bonchev–Trinajstić information content (AvgIpc) is 3.04. The highest BCUT2D eigenvalue weighted by molar-refractivity contribution is 5.98. The van der Waals surface area contributed by atoms with Crippen LogP contribution < -0.4 is 5.32 Å². The fourth-order valence-electron chi connectivity index (χ4n) is 3.66. The molecular formula is C23H39N3O6. The molecule has 182 valence electrons. The van der Waals surface area contributed by atoms with Gasteiger partial charge in [-0.2, -0.15) is 0 Å². The van der Waals surface area contributed by atoms with Crippen molar-refractivity contribution in [1.82, 2.24) is 15.2 Å². The van der Waals surface area contributed by atoms with Crippen LogP contribution in [0, 0.1) is 6.92 Å². The van der Waals surface area contributed by atoms with Crippen LogP contribution in [0.25, 0.3) is 0 Å². The smallest absolute Gasteiger partial charge is 0.355 e. The summed E-state index contributed by atoms with van der Waals surface area (Å²) in [5.41, 5.74) is 1.26. The number of esters is 2. The summed E-state index contributed by atoms with van der Waals surface area (Å²) < 4.78 is 16.0. The van der Waals surface area contributed by atoms with E-state index >= 15 is 0 Å². The quantitative estimate of drug-likeness (QED) is 0.343. The molecule has 0 unspecified atom stereocenters. The number of morpholine rings is 1. The van der Waals surface area contributed by atoms with Crippen molar-refractivity contribution in [3.8, 4) is 0 Å². The van der Waals surface area contributed by atoms with Gasteiger partial charge in [-0.3, -0.25) is 4.90 Å². The van der Waals surface area contributed by atoms with Gasteiger partial charge in [-0.15, -0.1) is 0 Å². The van der Waals surface area contributed by atoms with Gasteiger partial charge < -0.3 is 29.6 Å². The van der Waals surface area contributed by atoms with E-state index in [0.29, 0.717) is 56.1 Å². The molecule has 0 radical (unpaired) electrons. The van der Waals surface area contributed by atoms with Gasteiger partial charge in [-0.25, -0.2) is 9.59 Å². The number of hydrogen-bond donors (Lipinski definition) is 3. The first-order chi connectivity index (χ1) is 15.1. The Morgan fingerprint density at radius 1 is 1.25 bits per heavy atom. The lowest BCUT2D eigenvalue weighted by Gasteiger charge is -2.28. The van der Waals surface area contributed by atoms with Crippen molar-refractivity contribution in [2.75, 3.05) is 52.5 Å². The number of rotatable bonds is 11. The summed E-state index contributed by atoms with van der Waals surface area (Å²) in [4.78, 5) is 30.4. The van der Waals surface area contributed by atoms with Crippen LogP contribution in [-0.4, -0.2) is 91.2 Å². The van der Waals surface area contributed by atoms with Crippen molar-refractivity contribution < 1.29 is 28.9 Å². The van der Waals surface area contributed by atoms with Crippen LogP contribution in [0.5, 0.6) is 0 Å². The number of aliphatic hydroxyl groups excluding tert-OH is 1.